The molecule has 0 unspecified atom stereocenters. The van der Waals surface area contributed by atoms with Crippen LogP contribution in [0.1, 0.15) is 11.4 Å². The molecule has 16 heavy (non-hydrogen) atoms. The number of rotatable bonds is 2. The first-order valence-corrected chi connectivity index (χ1v) is 5.11. The molecule has 0 atom stereocenters. The fourth-order valence-electron chi connectivity index (χ4n) is 1.52. The molecule has 0 saturated heterocycles. The largest absolute Gasteiger partial charge is 0.384 e. The van der Waals surface area contributed by atoms with Gasteiger partial charge in [0.05, 0.1) is 5.02 Å². The Hall–Kier alpha value is -1.81. The Morgan fingerprint density at radius 1 is 1.50 bits per heavy atom. The molecule has 3 N–H and O–H groups in total. The van der Waals surface area contributed by atoms with Crippen LogP contribution in [0.2, 0.25) is 5.02 Å². The summed E-state index contributed by atoms with van der Waals surface area (Å²) in [5, 5.41) is 7.81. The topological polar surface area (TPSA) is 67.7 Å². The van der Waals surface area contributed by atoms with E-state index in [1.165, 1.54) is 0 Å². The Labute approximate surface area is 98.2 Å². The molecule has 0 aliphatic rings. The fraction of sp³-hybridized carbons (Fsp3) is 0.0909. The van der Waals surface area contributed by atoms with E-state index in [0.717, 1.165) is 11.5 Å². The van der Waals surface area contributed by atoms with Gasteiger partial charge < -0.3 is 10.3 Å². The maximum atomic E-state index is 7.34. The highest BCUT2D eigenvalue weighted by atomic mass is 35.5. The zero-order chi connectivity index (χ0) is 11.7. The second-order valence-corrected chi connectivity index (χ2v) is 3.83. The number of nitrogen functional groups attached to an aromatic ring is 1. The molecule has 0 bridgehead atoms. The smallest absolute Gasteiger partial charge is 0.124 e. The van der Waals surface area contributed by atoms with Gasteiger partial charge in [0.25, 0.3) is 0 Å². The number of amidine groups is 1. The monoisotopic (exact) mass is 234 g/mol. The summed E-state index contributed by atoms with van der Waals surface area (Å²) in [7, 11) is 0. The average molecular weight is 235 g/mol. The molecule has 0 fully saturated rings. The van der Waals surface area contributed by atoms with Gasteiger partial charge in [-0.1, -0.05) is 11.6 Å². The van der Waals surface area contributed by atoms with Gasteiger partial charge in [0, 0.05) is 23.6 Å². The lowest BCUT2D eigenvalue weighted by Crippen LogP contribution is -2.11. The lowest BCUT2D eigenvalue weighted by molar-refractivity contribution is 0.975. The third-order valence-corrected chi connectivity index (χ3v) is 2.66. The predicted molar refractivity (Wildman–Crippen MR) is 64.3 cm³/mol. The van der Waals surface area contributed by atoms with Crippen molar-refractivity contribution in [2.75, 3.05) is 0 Å². The van der Waals surface area contributed by atoms with Crippen molar-refractivity contribution in [1.82, 2.24) is 9.55 Å². The van der Waals surface area contributed by atoms with E-state index in [-0.39, 0.29) is 5.84 Å². The van der Waals surface area contributed by atoms with Crippen molar-refractivity contribution < 1.29 is 0 Å². The molecule has 5 heteroatoms. The van der Waals surface area contributed by atoms with E-state index in [2.05, 4.69) is 4.98 Å². The number of nitrogens with one attached hydrogen (secondary N) is 1. The summed E-state index contributed by atoms with van der Waals surface area (Å²) < 4.78 is 1.91. The van der Waals surface area contributed by atoms with Crippen LogP contribution in [-0.2, 0) is 0 Å². The second-order valence-electron chi connectivity index (χ2n) is 3.42. The normalized spacial score (nSPS) is 10.4. The molecular weight excluding hydrogens is 224 g/mol. The Balaban J connectivity index is 2.50. The van der Waals surface area contributed by atoms with Crippen molar-refractivity contribution in [1.29, 1.82) is 5.41 Å². The molecule has 0 spiro atoms. The maximum absolute atomic E-state index is 7.34. The van der Waals surface area contributed by atoms with Crippen molar-refractivity contribution in [2.24, 2.45) is 5.73 Å². The lowest BCUT2D eigenvalue weighted by Gasteiger charge is -2.08. The Bertz CT molecular complexity index is 545. The van der Waals surface area contributed by atoms with Crippen LogP contribution in [0, 0.1) is 12.3 Å². The minimum atomic E-state index is -0.0288. The molecule has 1 heterocycles. The van der Waals surface area contributed by atoms with Crippen LogP contribution in [0.3, 0.4) is 0 Å². The van der Waals surface area contributed by atoms with Gasteiger partial charge in [-0.15, -0.1) is 0 Å². The first-order valence-electron chi connectivity index (χ1n) is 4.74. The number of aromatic nitrogens is 2. The van der Waals surface area contributed by atoms with Gasteiger partial charge >= 0.3 is 0 Å². The van der Waals surface area contributed by atoms with Crippen LogP contribution in [0.4, 0.5) is 0 Å². The molecule has 0 aliphatic heterocycles. The molecular formula is C11H11ClN4. The van der Waals surface area contributed by atoms with Crippen molar-refractivity contribution in [3.8, 4) is 5.69 Å². The van der Waals surface area contributed by atoms with Gasteiger partial charge in [0.1, 0.15) is 11.7 Å². The van der Waals surface area contributed by atoms with Crippen LogP contribution in [0.25, 0.3) is 5.69 Å². The highest BCUT2D eigenvalue weighted by Gasteiger charge is 2.06. The van der Waals surface area contributed by atoms with Gasteiger partial charge in [0.2, 0.25) is 0 Å². The third kappa shape index (κ3) is 1.79. The minimum absolute atomic E-state index is 0.0288. The quantitative estimate of drug-likeness (QED) is 0.617. The number of imidazole rings is 1. The van der Waals surface area contributed by atoms with Crippen molar-refractivity contribution >= 4 is 17.4 Å². The highest BCUT2D eigenvalue weighted by molar-refractivity contribution is 6.34. The van der Waals surface area contributed by atoms with E-state index in [1.807, 2.05) is 23.8 Å². The van der Waals surface area contributed by atoms with E-state index in [1.54, 1.807) is 18.3 Å². The SMILES string of the molecule is Cc1nccn1-c1ccc(C(=N)N)c(Cl)c1. The summed E-state index contributed by atoms with van der Waals surface area (Å²) in [5.74, 6) is 0.852. The van der Waals surface area contributed by atoms with Crippen molar-refractivity contribution in [3.05, 3.63) is 47.0 Å². The number of nitrogens with two attached hydrogens (primary N) is 1. The molecule has 2 rings (SSSR count). The van der Waals surface area contributed by atoms with Crippen LogP contribution in [-0.4, -0.2) is 15.4 Å². The summed E-state index contributed by atoms with van der Waals surface area (Å²) in [6.45, 7) is 1.91. The number of benzene rings is 1. The zero-order valence-corrected chi connectivity index (χ0v) is 9.49. The number of halogens is 1. The Kier molecular flexibility index (Phi) is 2.66. The van der Waals surface area contributed by atoms with Gasteiger partial charge in [-0.3, -0.25) is 5.41 Å². The summed E-state index contributed by atoms with van der Waals surface area (Å²) in [6.07, 6.45) is 3.58. The standard InChI is InChI=1S/C11H11ClN4/c1-7-15-4-5-16(7)8-2-3-9(11(13)14)10(12)6-8/h2-6H,1H3,(H3,13,14). The van der Waals surface area contributed by atoms with E-state index in [4.69, 9.17) is 22.7 Å². The average Bonchev–Trinajstić information content (AvgIpc) is 2.63. The summed E-state index contributed by atoms with van der Waals surface area (Å²) in [6, 6.07) is 5.36. The van der Waals surface area contributed by atoms with Gasteiger partial charge in [-0.2, -0.15) is 0 Å². The van der Waals surface area contributed by atoms with E-state index >= 15 is 0 Å². The molecule has 4 nitrogen and oxygen atoms in total. The number of nitrogens with zero attached hydrogens (tertiary/aromatic N) is 2. The maximum Gasteiger partial charge on any atom is 0.124 e. The van der Waals surface area contributed by atoms with Crippen LogP contribution < -0.4 is 5.73 Å². The first-order chi connectivity index (χ1) is 7.59. The van der Waals surface area contributed by atoms with Gasteiger partial charge in [-0.05, 0) is 25.1 Å². The zero-order valence-electron chi connectivity index (χ0n) is 8.74. The van der Waals surface area contributed by atoms with Gasteiger partial charge in [-0.25, -0.2) is 4.98 Å². The van der Waals surface area contributed by atoms with E-state index in [9.17, 15) is 0 Å². The number of aryl methyl sites for hydroxylation is 1. The van der Waals surface area contributed by atoms with Crippen molar-refractivity contribution in [3.63, 3.8) is 0 Å². The predicted octanol–water partition coefficient (Wildman–Crippen LogP) is 2.12. The molecule has 82 valence electrons. The number of hydrogen-bond acceptors (Lipinski definition) is 2. The Morgan fingerprint density at radius 3 is 2.75 bits per heavy atom. The summed E-state index contributed by atoms with van der Waals surface area (Å²) >= 11 is 6.04. The first kappa shape index (κ1) is 10.7. The Morgan fingerprint density at radius 2 is 2.25 bits per heavy atom. The van der Waals surface area contributed by atoms with Crippen LogP contribution in [0.5, 0.6) is 0 Å². The molecule has 2 aromatic rings. The second kappa shape index (κ2) is 3.98. The van der Waals surface area contributed by atoms with Crippen LogP contribution in [0.15, 0.2) is 30.6 Å². The highest BCUT2D eigenvalue weighted by Crippen LogP contribution is 2.20. The van der Waals surface area contributed by atoms with Gasteiger partial charge in [0.15, 0.2) is 0 Å². The number of hydrogen-bond donors (Lipinski definition) is 2. The molecule has 1 aromatic carbocycles. The van der Waals surface area contributed by atoms with Crippen LogP contribution >= 0.6 is 11.6 Å². The van der Waals surface area contributed by atoms with E-state index < -0.39 is 0 Å². The fourth-order valence-corrected chi connectivity index (χ4v) is 1.80. The third-order valence-electron chi connectivity index (χ3n) is 2.35. The van der Waals surface area contributed by atoms with Crippen molar-refractivity contribution in [2.45, 2.75) is 6.92 Å². The molecule has 0 radical (unpaired) electrons. The summed E-state index contributed by atoms with van der Waals surface area (Å²) in [4.78, 5) is 4.13. The van der Waals surface area contributed by atoms with E-state index in [0.29, 0.717) is 10.6 Å². The molecule has 1 aromatic heterocycles. The lowest BCUT2D eigenvalue weighted by atomic mass is 10.2. The molecule has 0 saturated carbocycles. The molecule has 0 amide bonds. The molecule has 0 aliphatic carbocycles. The summed E-state index contributed by atoms with van der Waals surface area (Å²) in [5.41, 5.74) is 6.84. The minimum Gasteiger partial charge on any atom is -0.384 e.